The quantitative estimate of drug-likeness (QED) is 0.766. The van der Waals surface area contributed by atoms with Gasteiger partial charge in [0.15, 0.2) is 5.82 Å². The molecule has 1 saturated carbocycles. The van der Waals surface area contributed by atoms with Crippen molar-refractivity contribution in [1.82, 2.24) is 15.0 Å². The monoisotopic (exact) mass is 196 g/mol. The molecule has 2 rings (SSSR count). The molecule has 1 aliphatic carbocycles. The number of anilines is 1. The summed E-state index contributed by atoms with van der Waals surface area (Å²) in [5, 5.41) is 7.78. The largest absolute Gasteiger partial charge is 0.381 e. The van der Waals surface area contributed by atoms with Crippen LogP contribution in [0.5, 0.6) is 0 Å². The third-order valence-electron chi connectivity index (χ3n) is 2.88. The maximum absolute atomic E-state index is 5.52. The van der Waals surface area contributed by atoms with Crippen molar-refractivity contribution in [2.24, 2.45) is 0 Å². The topological polar surface area (TPSA) is 66.0 Å². The van der Waals surface area contributed by atoms with Crippen LogP contribution in [-0.2, 0) is 4.74 Å². The minimum absolute atomic E-state index is 0.423. The normalized spacial score (nSPS) is 27.8. The highest BCUT2D eigenvalue weighted by molar-refractivity contribution is 5.20. The number of nitrogen functional groups attached to an aromatic ring is 1. The lowest BCUT2D eigenvalue weighted by Gasteiger charge is -2.27. The van der Waals surface area contributed by atoms with Gasteiger partial charge in [-0.05, 0) is 25.7 Å². The summed E-state index contributed by atoms with van der Waals surface area (Å²) in [6.45, 7) is 0. The lowest BCUT2D eigenvalue weighted by molar-refractivity contribution is 0.0565. The molecule has 1 aromatic rings. The molecule has 0 aromatic carbocycles. The molecule has 0 radical (unpaired) electrons. The van der Waals surface area contributed by atoms with E-state index in [-0.39, 0.29) is 0 Å². The maximum Gasteiger partial charge on any atom is 0.165 e. The van der Waals surface area contributed by atoms with Gasteiger partial charge in [-0.15, -0.1) is 5.10 Å². The van der Waals surface area contributed by atoms with E-state index in [1.807, 2.05) is 4.68 Å². The molecule has 0 aliphatic heterocycles. The zero-order chi connectivity index (χ0) is 9.97. The van der Waals surface area contributed by atoms with Gasteiger partial charge < -0.3 is 10.5 Å². The molecule has 0 atom stereocenters. The van der Waals surface area contributed by atoms with Crippen molar-refractivity contribution in [1.29, 1.82) is 0 Å². The van der Waals surface area contributed by atoms with Gasteiger partial charge in [-0.1, -0.05) is 5.21 Å². The van der Waals surface area contributed by atoms with Gasteiger partial charge in [0.1, 0.15) is 0 Å². The van der Waals surface area contributed by atoms with E-state index in [0.717, 1.165) is 25.7 Å². The fraction of sp³-hybridized carbons (Fsp3) is 0.778. The molecule has 1 heterocycles. The van der Waals surface area contributed by atoms with Crippen molar-refractivity contribution in [3.8, 4) is 0 Å². The number of nitrogens with zero attached hydrogens (tertiary/aromatic N) is 3. The van der Waals surface area contributed by atoms with E-state index in [2.05, 4.69) is 10.3 Å². The SMILES string of the molecule is COC1CCC(n2cc(N)nn2)CC1. The van der Waals surface area contributed by atoms with E-state index in [1.54, 1.807) is 13.3 Å². The predicted molar refractivity (Wildman–Crippen MR) is 52.7 cm³/mol. The highest BCUT2D eigenvalue weighted by Gasteiger charge is 2.22. The Balaban J connectivity index is 1.95. The Kier molecular flexibility index (Phi) is 2.67. The molecule has 0 spiro atoms. The summed E-state index contributed by atoms with van der Waals surface area (Å²) in [6.07, 6.45) is 6.62. The van der Waals surface area contributed by atoms with Gasteiger partial charge in [-0.2, -0.15) is 0 Å². The first-order valence-corrected chi connectivity index (χ1v) is 4.99. The van der Waals surface area contributed by atoms with Crippen LogP contribution >= 0.6 is 0 Å². The summed E-state index contributed by atoms with van der Waals surface area (Å²) in [4.78, 5) is 0. The maximum atomic E-state index is 5.52. The Morgan fingerprint density at radius 1 is 1.43 bits per heavy atom. The molecule has 0 saturated heterocycles. The average molecular weight is 196 g/mol. The Morgan fingerprint density at radius 2 is 2.14 bits per heavy atom. The number of hydrogen-bond donors (Lipinski definition) is 1. The molecular weight excluding hydrogens is 180 g/mol. The second kappa shape index (κ2) is 3.96. The van der Waals surface area contributed by atoms with Crippen LogP contribution < -0.4 is 5.73 Å². The molecule has 1 fully saturated rings. The number of rotatable bonds is 2. The smallest absolute Gasteiger partial charge is 0.165 e. The summed E-state index contributed by atoms with van der Waals surface area (Å²) in [7, 11) is 1.78. The van der Waals surface area contributed by atoms with Gasteiger partial charge in [0.2, 0.25) is 0 Å². The number of ether oxygens (including phenoxy) is 1. The number of nitrogens with two attached hydrogens (primary N) is 1. The van der Waals surface area contributed by atoms with Gasteiger partial charge in [-0.25, -0.2) is 4.68 Å². The van der Waals surface area contributed by atoms with Crippen molar-refractivity contribution in [3.05, 3.63) is 6.20 Å². The molecule has 5 heteroatoms. The first-order chi connectivity index (χ1) is 6.79. The Bertz CT molecular complexity index is 291. The number of methoxy groups -OCH3 is 1. The molecule has 0 bridgehead atoms. The molecule has 2 N–H and O–H groups in total. The minimum Gasteiger partial charge on any atom is -0.381 e. The van der Waals surface area contributed by atoms with Gasteiger partial charge in [-0.3, -0.25) is 0 Å². The first kappa shape index (κ1) is 9.45. The highest BCUT2D eigenvalue weighted by Crippen LogP contribution is 2.29. The van der Waals surface area contributed by atoms with E-state index >= 15 is 0 Å². The molecule has 14 heavy (non-hydrogen) atoms. The Morgan fingerprint density at radius 3 is 2.64 bits per heavy atom. The molecule has 5 nitrogen and oxygen atoms in total. The lowest BCUT2D eigenvalue weighted by atomic mass is 9.93. The standard InChI is InChI=1S/C9H16N4O/c1-14-8-4-2-7(3-5-8)13-6-9(10)11-12-13/h6-8H,2-5,10H2,1H3. The number of aromatic nitrogens is 3. The van der Waals surface area contributed by atoms with Gasteiger partial charge in [0.25, 0.3) is 0 Å². The molecule has 0 amide bonds. The zero-order valence-corrected chi connectivity index (χ0v) is 8.39. The van der Waals surface area contributed by atoms with Crippen LogP contribution in [0.15, 0.2) is 6.20 Å². The third kappa shape index (κ3) is 1.87. The van der Waals surface area contributed by atoms with Gasteiger partial charge >= 0.3 is 0 Å². The van der Waals surface area contributed by atoms with Crippen molar-refractivity contribution < 1.29 is 4.74 Å². The van der Waals surface area contributed by atoms with Crippen molar-refractivity contribution in [3.63, 3.8) is 0 Å². The molecular formula is C9H16N4O. The summed E-state index contributed by atoms with van der Waals surface area (Å²) < 4.78 is 7.19. The van der Waals surface area contributed by atoms with Crippen molar-refractivity contribution in [2.75, 3.05) is 12.8 Å². The van der Waals surface area contributed by atoms with Crippen molar-refractivity contribution in [2.45, 2.75) is 37.8 Å². The van der Waals surface area contributed by atoms with Crippen LogP contribution in [0, 0.1) is 0 Å². The number of hydrogen-bond acceptors (Lipinski definition) is 4. The van der Waals surface area contributed by atoms with Crippen LogP contribution in [-0.4, -0.2) is 28.2 Å². The van der Waals surface area contributed by atoms with E-state index in [1.165, 1.54) is 0 Å². The van der Waals surface area contributed by atoms with Crippen LogP contribution in [0.1, 0.15) is 31.7 Å². The molecule has 78 valence electrons. The van der Waals surface area contributed by atoms with E-state index in [0.29, 0.717) is 18.0 Å². The molecule has 1 aromatic heterocycles. The second-order valence-electron chi connectivity index (χ2n) is 3.79. The summed E-state index contributed by atoms with van der Waals surface area (Å²) >= 11 is 0. The second-order valence-corrected chi connectivity index (χ2v) is 3.79. The summed E-state index contributed by atoms with van der Waals surface area (Å²) in [5.74, 6) is 0.499. The van der Waals surface area contributed by atoms with Gasteiger partial charge in [0, 0.05) is 7.11 Å². The minimum atomic E-state index is 0.423. The molecule has 0 unspecified atom stereocenters. The summed E-state index contributed by atoms with van der Waals surface area (Å²) in [5.41, 5.74) is 5.52. The average Bonchev–Trinajstić information content (AvgIpc) is 2.65. The first-order valence-electron chi connectivity index (χ1n) is 4.99. The van der Waals surface area contributed by atoms with Crippen molar-refractivity contribution >= 4 is 5.82 Å². The lowest BCUT2D eigenvalue weighted by Crippen LogP contribution is -2.23. The van der Waals surface area contributed by atoms with Crippen LogP contribution in [0.3, 0.4) is 0 Å². The van der Waals surface area contributed by atoms with E-state index in [9.17, 15) is 0 Å². The van der Waals surface area contributed by atoms with Crippen LogP contribution in [0.4, 0.5) is 5.82 Å². The molecule has 1 aliphatic rings. The Labute approximate surface area is 83.2 Å². The van der Waals surface area contributed by atoms with E-state index in [4.69, 9.17) is 10.5 Å². The van der Waals surface area contributed by atoms with Crippen LogP contribution in [0.2, 0.25) is 0 Å². The Hall–Kier alpha value is -1.10. The fourth-order valence-corrected chi connectivity index (χ4v) is 2.01. The highest BCUT2D eigenvalue weighted by atomic mass is 16.5. The van der Waals surface area contributed by atoms with Gasteiger partial charge in [0.05, 0.1) is 18.3 Å². The predicted octanol–water partition coefficient (Wildman–Crippen LogP) is 0.990. The zero-order valence-electron chi connectivity index (χ0n) is 8.39. The fourth-order valence-electron chi connectivity index (χ4n) is 2.01. The van der Waals surface area contributed by atoms with Crippen LogP contribution in [0.25, 0.3) is 0 Å². The van der Waals surface area contributed by atoms with E-state index < -0.39 is 0 Å². The summed E-state index contributed by atoms with van der Waals surface area (Å²) in [6, 6.07) is 0.450. The third-order valence-corrected chi connectivity index (χ3v) is 2.88.